The zero-order valence-electron chi connectivity index (χ0n) is 12.3. The fourth-order valence-corrected chi connectivity index (χ4v) is 2.44. The number of hydrogen-bond donors (Lipinski definition) is 1. The Morgan fingerprint density at radius 3 is 2.63 bits per heavy atom. The Kier molecular flexibility index (Phi) is 4.43. The standard InChI is InChI=1S/C15H23N3O/c1-5-14-9-17-15(19-14)10-16-8-13-7-11(3)18(6-2)12(13)4/h7,9,16H,5-6,8,10H2,1-4H3. The van der Waals surface area contributed by atoms with Crippen LogP contribution in [0.3, 0.4) is 0 Å². The van der Waals surface area contributed by atoms with Gasteiger partial charge in [-0.2, -0.15) is 0 Å². The zero-order chi connectivity index (χ0) is 13.8. The van der Waals surface area contributed by atoms with E-state index in [0.29, 0.717) is 6.54 Å². The van der Waals surface area contributed by atoms with Gasteiger partial charge >= 0.3 is 0 Å². The summed E-state index contributed by atoms with van der Waals surface area (Å²) in [7, 11) is 0. The van der Waals surface area contributed by atoms with Crippen LogP contribution in [-0.4, -0.2) is 9.55 Å². The molecule has 2 rings (SSSR count). The predicted octanol–water partition coefficient (Wildman–Crippen LogP) is 2.97. The zero-order valence-corrected chi connectivity index (χ0v) is 12.3. The Balaban J connectivity index is 1.92. The minimum atomic E-state index is 0.676. The molecule has 0 aromatic carbocycles. The lowest BCUT2D eigenvalue weighted by molar-refractivity contribution is 0.439. The Bertz CT molecular complexity index is 540. The van der Waals surface area contributed by atoms with Crippen molar-refractivity contribution in [2.75, 3.05) is 0 Å². The minimum absolute atomic E-state index is 0.676. The molecule has 0 aliphatic heterocycles. The Morgan fingerprint density at radius 1 is 1.26 bits per heavy atom. The van der Waals surface area contributed by atoms with Gasteiger partial charge in [0.1, 0.15) is 5.76 Å². The molecule has 0 amide bonds. The lowest BCUT2D eigenvalue weighted by Crippen LogP contribution is -2.13. The molecule has 0 saturated heterocycles. The molecule has 0 radical (unpaired) electrons. The van der Waals surface area contributed by atoms with Crippen molar-refractivity contribution >= 4 is 0 Å². The maximum Gasteiger partial charge on any atom is 0.208 e. The highest BCUT2D eigenvalue weighted by atomic mass is 16.4. The van der Waals surface area contributed by atoms with Crippen LogP contribution in [0.4, 0.5) is 0 Å². The molecule has 0 bridgehead atoms. The Hall–Kier alpha value is -1.55. The van der Waals surface area contributed by atoms with Crippen LogP contribution in [0, 0.1) is 13.8 Å². The number of aryl methyl sites for hydroxylation is 2. The van der Waals surface area contributed by atoms with E-state index in [0.717, 1.165) is 31.2 Å². The lowest BCUT2D eigenvalue weighted by Gasteiger charge is -2.06. The summed E-state index contributed by atoms with van der Waals surface area (Å²) in [6.45, 7) is 11.1. The van der Waals surface area contributed by atoms with Gasteiger partial charge in [0.2, 0.25) is 5.89 Å². The van der Waals surface area contributed by atoms with Gasteiger partial charge in [0.15, 0.2) is 0 Å². The highest BCUT2D eigenvalue weighted by molar-refractivity contribution is 5.26. The molecule has 0 fully saturated rings. The molecule has 2 aromatic heterocycles. The first-order valence-corrected chi connectivity index (χ1v) is 6.95. The minimum Gasteiger partial charge on any atom is -0.444 e. The van der Waals surface area contributed by atoms with Crippen molar-refractivity contribution < 1.29 is 4.42 Å². The second kappa shape index (κ2) is 6.06. The van der Waals surface area contributed by atoms with Gasteiger partial charge < -0.3 is 14.3 Å². The fourth-order valence-electron chi connectivity index (χ4n) is 2.44. The molecule has 0 aliphatic carbocycles. The molecule has 4 heteroatoms. The molecular formula is C15H23N3O. The third-order valence-corrected chi connectivity index (χ3v) is 3.54. The van der Waals surface area contributed by atoms with Crippen LogP contribution in [0.2, 0.25) is 0 Å². The molecule has 1 N–H and O–H groups in total. The van der Waals surface area contributed by atoms with E-state index in [2.05, 4.69) is 48.6 Å². The largest absolute Gasteiger partial charge is 0.444 e. The fraction of sp³-hybridized carbons (Fsp3) is 0.533. The summed E-state index contributed by atoms with van der Waals surface area (Å²) in [5.41, 5.74) is 4.01. The maximum absolute atomic E-state index is 5.57. The van der Waals surface area contributed by atoms with Crippen molar-refractivity contribution in [1.82, 2.24) is 14.9 Å². The van der Waals surface area contributed by atoms with Gasteiger partial charge in [-0.05, 0) is 32.4 Å². The smallest absolute Gasteiger partial charge is 0.208 e. The molecular weight excluding hydrogens is 238 g/mol. The first kappa shape index (κ1) is 13.9. The molecule has 0 saturated carbocycles. The van der Waals surface area contributed by atoms with E-state index < -0.39 is 0 Å². The lowest BCUT2D eigenvalue weighted by atomic mass is 10.2. The van der Waals surface area contributed by atoms with Crippen LogP contribution in [-0.2, 0) is 26.1 Å². The second-order valence-corrected chi connectivity index (χ2v) is 4.82. The van der Waals surface area contributed by atoms with Crippen LogP contribution >= 0.6 is 0 Å². The number of rotatable bonds is 6. The Morgan fingerprint density at radius 2 is 2.05 bits per heavy atom. The van der Waals surface area contributed by atoms with Crippen molar-refractivity contribution in [3.8, 4) is 0 Å². The van der Waals surface area contributed by atoms with Gasteiger partial charge in [-0.25, -0.2) is 4.98 Å². The van der Waals surface area contributed by atoms with Gasteiger partial charge in [-0.3, -0.25) is 0 Å². The number of oxazole rings is 1. The molecule has 4 nitrogen and oxygen atoms in total. The summed E-state index contributed by atoms with van der Waals surface area (Å²) >= 11 is 0. The van der Waals surface area contributed by atoms with Crippen LogP contribution in [0.25, 0.3) is 0 Å². The van der Waals surface area contributed by atoms with Gasteiger partial charge in [0.05, 0.1) is 12.7 Å². The van der Waals surface area contributed by atoms with E-state index in [1.54, 1.807) is 6.20 Å². The van der Waals surface area contributed by atoms with Crippen LogP contribution < -0.4 is 5.32 Å². The average molecular weight is 261 g/mol. The number of aromatic nitrogens is 2. The van der Waals surface area contributed by atoms with E-state index in [1.165, 1.54) is 17.0 Å². The van der Waals surface area contributed by atoms with E-state index in [-0.39, 0.29) is 0 Å². The second-order valence-electron chi connectivity index (χ2n) is 4.82. The van der Waals surface area contributed by atoms with Crippen molar-refractivity contribution in [2.24, 2.45) is 0 Å². The van der Waals surface area contributed by atoms with E-state index in [4.69, 9.17) is 4.42 Å². The van der Waals surface area contributed by atoms with Crippen molar-refractivity contribution in [1.29, 1.82) is 0 Å². The quantitative estimate of drug-likeness (QED) is 0.869. The predicted molar refractivity (Wildman–Crippen MR) is 76.0 cm³/mol. The number of nitrogens with one attached hydrogen (secondary N) is 1. The van der Waals surface area contributed by atoms with Gasteiger partial charge in [-0.1, -0.05) is 6.92 Å². The molecule has 19 heavy (non-hydrogen) atoms. The number of hydrogen-bond acceptors (Lipinski definition) is 3. The van der Waals surface area contributed by atoms with Crippen molar-refractivity contribution in [2.45, 2.75) is 53.8 Å². The third kappa shape index (κ3) is 3.07. The van der Waals surface area contributed by atoms with E-state index in [9.17, 15) is 0 Å². The highest BCUT2D eigenvalue weighted by Gasteiger charge is 2.08. The first-order valence-electron chi connectivity index (χ1n) is 6.95. The SMILES string of the molecule is CCc1cnc(CNCc2cc(C)n(CC)c2C)o1. The van der Waals surface area contributed by atoms with Crippen molar-refractivity contribution in [3.05, 3.63) is 40.9 Å². The monoisotopic (exact) mass is 261 g/mol. The summed E-state index contributed by atoms with van der Waals surface area (Å²) in [6.07, 6.45) is 2.70. The summed E-state index contributed by atoms with van der Waals surface area (Å²) in [5.74, 6) is 1.71. The molecule has 0 unspecified atom stereocenters. The summed E-state index contributed by atoms with van der Waals surface area (Å²) < 4.78 is 7.90. The topological polar surface area (TPSA) is 43.0 Å². The van der Waals surface area contributed by atoms with Gasteiger partial charge in [-0.15, -0.1) is 0 Å². The third-order valence-electron chi connectivity index (χ3n) is 3.54. The summed E-state index contributed by atoms with van der Waals surface area (Å²) in [5, 5.41) is 3.39. The van der Waals surface area contributed by atoms with Crippen LogP contribution in [0.1, 0.15) is 42.4 Å². The van der Waals surface area contributed by atoms with Crippen LogP contribution in [0.5, 0.6) is 0 Å². The summed E-state index contributed by atoms with van der Waals surface area (Å²) in [4.78, 5) is 4.25. The van der Waals surface area contributed by atoms with E-state index >= 15 is 0 Å². The molecule has 0 spiro atoms. The van der Waals surface area contributed by atoms with Gasteiger partial charge in [0, 0.05) is 30.9 Å². The average Bonchev–Trinajstić information content (AvgIpc) is 2.95. The van der Waals surface area contributed by atoms with Gasteiger partial charge in [0.25, 0.3) is 0 Å². The Labute approximate surface area is 114 Å². The maximum atomic E-state index is 5.57. The molecule has 2 aromatic rings. The number of nitrogens with zero attached hydrogens (tertiary/aromatic N) is 2. The molecule has 104 valence electrons. The normalized spacial score (nSPS) is 11.2. The van der Waals surface area contributed by atoms with E-state index in [1.807, 2.05) is 0 Å². The molecule has 2 heterocycles. The highest BCUT2D eigenvalue weighted by Crippen LogP contribution is 2.14. The first-order chi connectivity index (χ1) is 9.15. The molecule has 0 aliphatic rings. The summed E-state index contributed by atoms with van der Waals surface area (Å²) in [6, 6.07) is 2.25. The molecule has 0 atom stereocenters. The van der Waals surface area contributed by atoms with Crippen molar-refractivity contribution in [3.63, 3.8) is 0 Å². The van der Waals surface area contributed by atoms with Crippen LogP contribution in [0.15, 0.2) is 16.7 Å².